The standard InChI is InChI=1S/C9H5FOS2/c10-7-4-13-9-5(7)1-2-8(12)6(9)3-11/h1-4,12H. The lowest BCUT2D eigenvalue weighted by molar-refractivity contribution is 0.112. The summed E-state index contributed by atoms with van der Waals surface area (Å²) in [5, 5.41) is 1.88. The molecule has 0 N–H and O–H groups in total. The number of hydrogen-bond acceptors (Lipinski definition) is 3. The molecule has 13 heavy (non-hydrogen) atoms. The van der Waals surface area contributed by atoms with Crippen LogP contribution in [0.15, 0.2) is 22.4 Å². The van der Waals surface area contributed by atoms with Crippen LogP contribution in [-0.4, -0.2) is 6.29 Å². The summed E-state index contributed by atoms with van der Waals surface area (Å²) < 4.78 is 13.7. The fraction of sp³-hybridized carbons (Fsp3) is 0. The molecule has 0 saturated heterocycles. The van der Waals surface area contributed by atoms with Gasteiger partial charge in [0.05, 0.1) is 0 Å². The molecule has 0 unspecified atom stereocenters. The predicted molar refractivity (Wildman–Crippen MR) is 54.4 cm³/mol. The number of benzene rings is 1. The summed E-state index contributed by atoms with van der Waals surface area (Å²) in [5.74, 6) is -0.281. The number of fused-ring (bicyclic) bond motifs is 1. The monoisotopic (exact) mass is 212 g/mol. The summed E-state index contributed by atoms with van der Waals surface area (Å²) in [7, 11) is 0. The number of aldehydes is 1. The molecule has 0 radical (unpaired) electrons. The molecule has 0 atom stereocenters. The summed E-state index contributed by atoms with van der Waals surface area (Å²) in [5.41, 5.74) is 0.467. The van der Waals surface area contributed by atoms with Crippen LogP contribution in [0.1, 0.15) is 10.4 Å². The topological polar surface area (TPSA) is 17.1 Å². The summed E-state index contributed by atoms with van der Waals surface area (Å²) in [6, 6.07) is 3.27. The molecule has 0 bridgehead atoms. The second kappa shape index (κ2) is 3.12. The Kier molecular flexibility index (Phi) is 2.09. The van der Waals surface area contributed by atoms with Crippen LogP contribution in [0, 0.1) is 5.82 Å². The highest BCUT2D eigenvalue weighted by Crippen LogP contribution is 2.30. The van der Waals surface area contributed by atoms with E-state index >= 15 is 0 Å². The fourth-order valence-corrected chi connectivity index (χ4v) is 2.43. The fourth-order valence-electron chi connectivity index (χ4n) is 1.19. The minimum absolute atomic E-state index is 0.281. The molecule has 2 aromatic rings. The van der Waals surface area contributed by atoms with Crippen molar-refractivity contribution in [1.82, 2.24) is 0 Å². The lowest BCUT2D eigenvalue weighted by atomic mass is 10.2. The van der Waals surface area contributed by atoms with Crippen molar-refractivity contribution in [1.29, 1.82) is 0 Å². The molecule has 1 heterocycles. The van der Waals surface area contributed by atoms with E-state index in [4.69, 9.17) is 0 Å². The van der Waals surface area contributed by atoms with Gasteiger partial charge in [-0.05, 0) is 12.1 Å². The van der Waals surface area contributed by atoms with Gasteiger partial charge in [-0.25, -0.2) is 4.39 Å². The maximum absolute atomic E-state index is 13.1. The van der Waals surface area contributed by atoms with E-state index in [1.165, 1.54) is 16.7 Å². The maximum Gasteiger partial charge on any atom is 0.152 e. The molecule has 0 aliphatic heterocycles. The average Bonchev–Trinajstić information content (AvgIpc) is 2.48. The molecule has 0 aliphatic rings. The molecule has 0 saturated carbocycles. The van der Waals surface area contributed by atoms with Gasteiger partial charge in [-0.15, -0.1) is 24.0 Å². The van der Waals surface area contributed by atoms with Crippen LogP contribution in [-0.2, 0) is 0 Å². The zero-order valence-corrected chi connectivity index (χ0v) is 8.16. The van der Waals surface area contributed by atoms with Crippen molar-refractivity contribution in [3.05, 3.63) is 28.9 Å². The smallest absolute Gasteiger partial charge is 0.152 e. The molecule has 0 amide bonds. The molecular weight excluding hydrogens is 207 g/mol. The van der Waals surface area contributed by atoms with Crippen LogP contribution >= 0.6 is 24.0 Å². The Morgan fingerprint density at radius 2 is 2.23 bits per heavy atom. The number of hydrogen-bond donors (Lipinski definition) is 1. The summed E-state index contributed by atoms with van der Waals surface area (Å²) >= 11 is 5.34. The van der Waals surface area contributed by atoms with Crippen LogP contribution in [0.3, 0.4) is 0 Å². The van der Waals surface area contributed by atoms with Gasteiger partial charge < -0.3 is 0 Å². The van der Waals surface area contributed by atoms with Crippen LogP contribution in [0.4, 0.5) is 4.39 Å². The third-order valence-electron chi connectivity index (χ3n) is 1.83. The molecular formula is C9H5FOS2. The van der Waals surface area contributed by atoms with Crippen molar-refractivity contribution in [3.63, 3.8) is 0 Å². The molecule has 0 aliphatic carbocycles. The van der Waals surface area contributed by atoms with Gasteiger partial charge in [0.15, 0.2) is 6.29 Å². The molecule has 4 heteroatoms. The van der Waals surface area contributed by atoms with Gasteiger partial charge in [0.25, 0.3) is 0 Å². The highest BCUT2D eigenvalue weighted by atomic mass is 32.1. The number of thiol groups is 1. The predicted octanol–water partition coefficient (Wildman–Crippen LogP) is 3.14. The van der Waals surface area contributed by atoms with E-state index in [0.717, 1.165) is 0 Å². The Labute approximate surface area is 83.6 Å². The third-order valence-corrected chi connectivity index (χ3v) is 3.22. The highest BCUT2D eigenvalue weighted by molar-refractivity contribution is 7.80. The second-order valence-electron chi connectivity index (χ2n) is 2.58. The SMILES string of the molecule is O=Cc1c(S)ccc2c(F)csc12. The van der Waals surface area contributed by atoms with E-state index in [1.807, 2.05) is 0 Å². The van der Waals surface area contributed by atoms with Gasteiger partial charge in [0, 0.05) is 25.9 Å². The zero-order valence-electron chi connectivity index (χ0n) is 6.45. The van der Waals surface area contributed by atoms with Crippen LogP contribution in [0.5, 0.6) is 0 Å². The van der Waals surface area contributed by atoms with Crippen LogP contribution < -0.4 is 0 Å². The Hall–Kier alpha value is -0.870. The normalized spacial score (nSPS) is 10.6. The third kappa shape index (κ3) is 1.26. The Morgan fingerprint density at radius 3 is 2.92 bits per heavy atom. The molecule has 2 rings (SSSR count). The van der Waals surface area contributed by atoms with Crippen molar-refractivity contribution in [2.24, 2.45) is 0 Å². The largest absolute Gasteiger partial charge is 0.298 e. The van der Waals surface area contributed by atoms with Crippen molar-refractivity contribution < 1.29 is 9.18 Å². The Morgan fingerprint density at radius 1 is 1.46 bits per heavy atom. The number of rotatable bonds is 1. The van der Waals surface area contributed by atoms with Gasteiger partial charge in [0.1, 0.15) is 5.82 Å². The first-order chi connectivity index (χ1) is 6.24. The number of halogens is 1. The quantitative estimate of drug-likeness (QED) is 0.567. The van der Waals surface area contributed by atoms with E-state index in [-0.39, 0.29) is 5.82 Å². The molecule has 1 aromatic carbocycles. The van der Waals surface area contributed by atoms with E-state index in [0.29, 0.717) is 26.8 Å². The Bertz CT molecular complexity index is 476. The van der Waals surface area contributed by atoms with Gasteiger partial charge in [0.2, 0.25) is 0 Å². The average molecular weight is 212 g/mol. The lowest BCUT2D eigenvalue weighted by Gasteiger charge is -1.97. The Balaban J connectivity index is 2.92. The second-order valence-corrected chi connectivity index (χ2v) is 3.94. The molecule has 0 spiro atoms. The number of carbonyl (C=O) groups is 1. The first-order valence-corrected chi connectivity index (χ1v) is 4.90. The summed E-state index contributed by atoms with van der Waals surface area (Å²) in [6.07, 6.45) is 0.709. The van der Waals surface area contributed by atoms with Crippen molar-refractivity contribution in [2.75, 3.05) is 0 Å². The first-order valence-electron chi connectivity index (χ1n) is 3.58. The van der Waals surface area contributed by atoms with Crippen LogP contribution in [0.25, 0.3) is 10.1 Å². The molecule has 1 nitrogen and oxygen atoms in total. The van der Waals surface area contributed by atoms with Crippen molar-refractivity contribution in [3.8, 4) is 0 Å². The van der Waals surface area contributed by atoms with E-state index in [2.05, 4.69) is 12.6 Å². The minimum atomic E-state index is -0.281. The van der Waals surface area contributed by atoms with E-state index in [9.17, 15) is 9.18 Å². The molecule has 1 aromatic heterocycles. The van der Waals surface area contributed by atoms with Crippen molar-refractivity contribution in [2.45, 2.75) is 4.90 Å². The molecule has 66 valence electrons. The van der Waals surface area contributed by atoms with Gasteiger partial charge in [-0.2, -0.15) is 0 Å². The zero-order chi connectivity index (χ0) is 9.42. The van der Waals surface area contributed by atoms with E-state index < -0.39 is 0 Å². The highest BCUT2D eigenvalue weighted by Gasteiger charge is 2.09. The molecule has 0 fully saturated rings. The van der Waals surface area contributed by atoms with Gasteiger partial charge in [-0.3, -0.25) is 4.79 Å². The summed E-state index contributed by atoms with van der Waals surface area (Å²) in [4.78, 5) is 11.3. The maximum atomic E-state index is 13.1. The first kappa shape index (κ1) is 8.72. The number of carbonyl (C=O) groups excluding carboxylic acids is 1. The van der Waals surface area contributed by atoms with Gasteiger partial charge in [-0.1, -0.05) is 0 Å². The van der Waals surface area contributed by atoms with Crippen LogP contribution in [0.2, 0.25) is 0 Å². The minimum Gasteiger partial charge on any atom is -0.298 e. The summed E-state index contributed by atoms with van der Waals surface area (Å²) in [6.45, 7) is 0. The number of thiophene rings is 1. The van der Waals surface area contributed by atoms with Crippen molar-refractivity contribution >= 4 is 40.3 Å². The van der Waals surface area contributed by atoms with Gasteiger partial charge >= 0.3 is 0 Å². The lowest BCUT2D eigenvalue weighted by Crippen LogP contribution is -1.82. The van der Waals surface area contributed by atoms with E-state index in [1.54, 1.807) is 12.1 Å².